The van der Waals surface area contributed by atoms with E-state index in [-0.39, 0.29) is 0 Å². The molecule has 0 aromatic carbocycles. The minimum atomic E-state index is 0.541. The Morgan fingerprint density at radius 2 is 2.07 bits per heavy atom. The molecule has 0 amide bonds. The lowest BCUT2D eigenvalue weighted by atomic mass is 10.2. The molecule has 0 spiro atoms. The first kappa shape index (κ1) is 12.7. The molecule has 0 fully saturated rings. The number of rotatable bonds is 5. The summed E-state index contributed by atoms with van der Waals surface area (Å²) in [5, 5.41) is 3.55. The average molecular weight is 226 g/mol. The van der Waals surface area contributed by atoms with Gasteiger partial charge in [-0.25, -0.2) is 0 Å². The number of nitrogens with zero attached hydrogens (tertiary/aromatic N) is 1. The van der Waals surface area contributed by atoms with E-state index in [1.54, 1.807) is 0 Å². The molecule has 0 saturated heterocycles. The SMILES string of the molecule is Cc1cc(CNC(C)CN(C)C)c(C)s1. The van der Waals surface area contributed by atoms with Crippen molar-refractivity contribution in [3.05, 3.63) is 21.4 Å². The Morgan fingerprint density at radius 3 is 2.53 bits per heavy atom. The standard InChI is InChI=1S/C12H22N2S/c1-9(8-14(4)5)13-7-12-6-10(2)15-11(12)3/h6,9,13H,7-8H2,1-5H3. The zero-order valence-corrected chi connectivity index (χ0v) is 11.2. The maximum Gasteiger partial charge on any atom is 0.0219 e. The maximum absolute atomic E-state index is 3.55. The van der Waals surface area contributed by atoms with Gasteiger partial charge < -0.3 is 10.2 Å². The quantitative estimate of drug-likeness (QED) is 0.829. The summed E-state index contributed by atoms with van der Waals surface area (Å²) >= 11 is 1.88. The van der Waals surface area contributed by atoms with Gasteiger partial charge in [-0.1, -0.05) is 0 Å². The van der Waals surface area contributed by atoms with Crippen LogP contribution in [0.1, 0.15) is 22.2 Å². The molecule has 0 bridgehead atoms. The Labute approximate surface area is 97.3 Å². The number of hydrogen-bond donors (Lipinski definition) is 1. The first-order chi connectivity index (χ1) is 6.99. The average Bonchev–Trinajstić information content (AvgIpc) is 2.40. The van der Waals surface area contributed by atoms with Gasteiger partial charge in [0.05, 0.1) is 0 Å². The van der Waals surface area contributed by atoms with Gasteiger partial charge in [-0.15, -0.1) is 11.3 Å². The van der Waals surface area contributed by atoms with Crippen molar-refractivity contribution in [2.45, 2.75) is 33.4 Å². The topological polar surface area (TPSA) is 15.3 Å². The van der Waals surface area contributed by atoms with Gasteiger partial charge >= 0.3 is 0 Å². The Balaban J connectivity index is 2.40. The summed E-state index contributed by atoms with van der Waals surface area (Å²) in [6.45, 7) is 8.68. The van der Waals surface area contributed by atoms with Crippen LogP contribution in [0.4, 0.5) is 0 Å². The highest BCUT2D eigenvalue weighted by molar-refractivity contribution is 7.12. The summed E-state index contributed by atoms with van der Waals surface area (Å²) in [5.41, 5.74) is 1.45. The Hall–Kier alpha value is -0.380. The van der Waals surface area contributed by atoms with Crippen molar-refractivity contribution in [2.75, 3.05) is 20.6 Å². The van der Waals surface area contributed by atoms with Crippen LogP contribution in [-0.2, 0) is 6.54 Å². The molecule has 1 N–H and O–H groups in total. The Kier molecular flexibility index (Phi) is 4.77. The van der Waals surface area contributed by atoms with Crippen molar-refractivity contribution in [1.82, 2.24) is 10.2 Å². The van der Waals surface area contributed by atoms with Crippen LogP contribution in [0.15, 0.2) is 6.07 Å². The lowest BCUT2D eigenvalue weighted by molar-refractivity contribution is 0.349. The highest BCUT2D eigenvalue weighted by Crippen LogP contribution is 2.20. The number of aryl methyl sites for hydroxylation is 2. The minimum Gasteiger partial charge on any atom is -0.309 e. The molecule has 1 rings (SSSR count). The smallest absolute Gasteiger partial charge is 0.0219 e. The van der Waals surface area contributed by atoms with E-state index in [4.69, 9.17) is 0 Å². The summed E-state index contributed by atoms with van der Waals surface area (Å²) in [5.74, 6) is 0. The molecule has 1 aromatic rings. The molecule has 1 unspecified atom stereocenters. The van der Waals surface area contributed by atoms with E-state index in [0.717, 1.165) is 13.1 Å². The van der Waals surface area contributed by atoms with Crippen LogP contribution in [0, 0.1) is 13.8 Å². The molecular formula is C12H22N2S. The number of likely N-dealkylation sites (N-methyl/N-ethyl adjacent to an activating group) is 1. The Bertz CT molecular complexity index is 305. The third-order valence-electron chi connectivity index (χ3n) is 2.42. The Morgan fingerprint density at radius 1 is 1.40 bits per heavy atom. The molecule has 0 radical (unpaired) electrons. The van der Waals surface area contributed by atoms with Gasteiger partial charge in [0.15, 0.2) is 0 Å². The fourth-order valence-corrected chi connectivity index (χ4v) is 2.70. The van der Waals surface area contributed by atoms with Crippen LogP contribution in [0.2, 0.25) is 0 Å². The van der Waals surface area contributed by atoms with Crippen molar-refractivity contribution >= 4 is 11.3 Å². The van der Waals surface area contributed by atoms with Crippen molar-refractivity contribution in [3.63, 3.8) is 0 Å². The third kappa shape index (κ3) is 4.33. The van der Waals surface area contributed by atoms with Crippen LogP contribution in [0.5, 0.6) is 0 Å². The monoisotopic (exact) mass is 226 g/mol. The van der Waals surface area contributed by atoms with Gasteiger partial charge in [0.2, 0.25) is 0 Å². The van der Waals surface area contributed by atoms with Crippen LogP contribution < -0.4 is 5.32 Å². The van der Waals surface area contributed by atoms with E-state index in [1.165, 1.54) is 15.3 Å². The molecule has 2 nitrogen and oxygen atoms in total. The molecule has 3 heteroatoms. The van der Waals surface area contributed by atoms with E-state index in [9.17, 15) is 0 Å². The molecule has 15 heavy (non-hydrogen) atoms. The van der Waals surface area contributed by atoms with E-state index in [2.05, 4.69) is 51.1 Å². The normalized spacial score (nSPS) is 13.5. The highest BCUT2D eigenvalue weighted by Gasteiger charge is 2.06. The minimum absolute atomic E-state index is 0.541. The maximum atomic E-state index is 3.55. The van der Waals surface area contributed by atoms with Gasteiger partial charge in [0.25, 0.3) is 0 Å². The largest absolute Gasteiger partial charge is 0.309 e. The molecule has 1 heterocycles. The number of nitrogens with one attached hydrogen (secondary N) is 1. The second kappa shape index (κ2) is 5.64. The predicted octanol–water partition coefficient (Wildman–Crippen LogP) is 2.40. The molecule has 0 aliphatic carbocycles. The van der Waals surface area contributed by atoms with Gasteiger partial charge in [0.1, 0.15) is 0 Å². The first-order valence-corrected chi connectivity index (χ1v) is 6.24. The molecular weight excluding hydrogens is 204 g/mol. The fourth-order valence-electron chi connectivity index (χ4n) is 1.76. The summed E-state index contributed by atoms with van der Waals surface area (Å²) in [6.07, 6.45) is 0. The van der Waals surface area contributed by atoms with E-state index in [1.807, 2.05) is 11.3 Å². The van der Waals surface area contributed by atoms with E-state index in [0.29, 0.717) is 6.04 Å². The summed E-state index contributed by atoms with van der Waals surface area (Å²) < 4.78 is 0. The first-order valence-electron chi connectivity index (χ1n) is 5.43. The lowest BCUT2D eigenvalue weighted by Crippen LogP contribution is -2.35. The van der Waals surface area contributed by atoms with Gasteiger partial charge in [-0.05, 0) is 46.5 Å². The van der Waals surface area contributed by atoms with Gasteiger partial charge in [0, 0.05) is 28.9 Å². The number of thiophene rings is 1. The van der Waals surface area contributed by atoms with Crippen LogP contribution >= 0.6 is 11.3 Å². The second-order valence-electron chi connectivity index (χ2n) is 4.48. The van der Waals surface area contributed by atoms with E-state index < -0.39 is 0 Å². The predicted molar refractivity (Wildman–Crippen MR) is 68.6 cm³/mol. The molecule has 0 saturated carbocycles. The molecule has 86 valence electrons. The van der Waals surface area contributed by atoms with Crippen molar-refractivity contribution in [3.8, 4) is 0 Å². The summed E-state index contributed by atoms with van der Waals surface area (Å²) in [4.78, 5) is 5.06. The van der Waals surface area contributed by atoms with Crippen LogP contribution in [0.3, 0.4) is 0 Å². The van der Waals surface area contributed by atoms with Crippen LogP contribution in [-0.4, -0.2) is 31.6 Å². The highest BCUT2D eigenvalue weighted by atomic mass is 32.1. The molecule has 0 aliphatic rings. The van der Waals surface area contributed by atoms with E-state index >= 15 is 0 Å². The van der Waals surface area contributed by atoms with Crippen molar-refractivity contribution in [2.24, 2.45) is 0 Å². The lowest BCUT2D eigenvalue weighted by Gasteiger charge is -2.18. The van der Waals surface area contributed by atoms with Crippen LogP contribution in [0.25, 0.3) is 0 Å². The van der Waals surface area contributed by atoms with Crippen molar-refractivity contribution < 1.29 is 0 Å². The number of hydrogen-bond acceptors (Lipinski definition) is 3. The van der Waals surface area contributed by atoms with Gasteiger partial charge in [-0.2, -0.15) is 0 Å². The third-order valence-corrected chi connectivity index (χ3v) is 3.43. The summed E-state index contributed by atoms with van der Waals surface area (Å²) in [6, 6.07) is 2.83. The fraction of sp³-hybridized carbons (Fsp3) is 0.667. The zero-order chi connectivity index (χ0) is 11.4. The second-order valence-corrected chi connectivity index (χ2v) is 5.94. The van der Waals surface area contributed by atoms with Crippen molar-refractivity contribution in [1.29, 1.82) is 0 Å². The molecule has 1 atom stereocenters. The molecule has 0 aliphatic heterocycles. The van der Waals surface area contributed by atoms with Gasteiger partial charge in [-0.3, -0.25) is 0 Å². The summed E-state index contributed by atoms with van der Waals surface area (Å²) in [7, 11) is 4.22. The molecule has 1 aromatic heterocycles. The zero-order valence-electron chi connectivity index (χ0n) is 10.4.